The van der Waals surface area contributed by atoms with E-state index in [4.69, 9.17) is 4.74 Å². The topological polar surface area (TPSA) is 87.0 Å². The number of methoxy groups -OCH3 is 1. The highest BCUT2D eigenvalue weighted by Gasteiger charge is 2.05. The minimum Gasteiger partial charge on any atom is -0.508 e. The Morgan fingerprint density at radius 2 is 1.83 bits per heavy atom. The number of rotatable bonds is 4. The van der Waals surface area contributed by atoms with Crippen LogP contribution in [0, 0.1) is 6.92 Å². The summed E-state index contributed by atoms with van der Waals surface area (Å²) in [6.07, 6.45) is 1.52. The summed E-state index contributed by atoms with van der Waals surface area (Å²) in [5.74, 6) is 0.691. The number of pyridine rings is 1. The third kappa shape index (κ3) is 3.38. The van der Waals surface area contributed by atoms with Crippen LogP contribution in [0.25, 0.3) is 10.9 Å². The number of anilines is 1. The number of hydrazone groups is 1. The monoisotopic (exact) mass is 323 g/mol. The predicted octanol–water partition coefficient (Wildman–Crippen LogP) is 3.41. The van der Waals surface area contributed by atoms with Gasteiger partial charge in [-0.1, -0.05) is 0 Å². The molecule has 0 amide bonds. The Bertz CT molecular complexity index is 903. The molecule has 0 aliphatic carbocycles. The van der Waals surface area contributed by atoms with Gasteiger partial charge in [-0.25, -0.2) is 0 Å². The fraction of sp³-hybridized carbons (Fsp3) is 0.111. The molecule has 122 valence electrons. The molecule has 0 atom stereocenters. The highest BCUT2D eigenvalue weighted by molar-refractivity contribution is 5.93. The second-order valence-electron chi connectivity index (χ2n) is 5.35. The van der Waals surface area contributed by atoms with Crippen molar-refractivity contribution in [3.05, 3.63) is 53.7 Å². The van der Waals surface area contributed by atoms with E-state index in [-0.39, 0.29) is 11.5 Å². The van der Waals surface area contributed by atoms with Crippen LogP contribution in [-0.2, 0) is 0 Å². The summed E-state index contributed by atoms with van der Waals surface area (Å²) >= 11 is 0. The predicted molar refractivity (Wildman–Crippen MR) is 94.0 cm³/mol. The average Bonchev–Trinajstić information content (AvgIpc) is 2.53. The number of hydrogen-bond donors (Lipinski definition) is 3. The number of hydrogen-bond acceptors (Lipinski definition) is 6. The van der Waals surface area contributed by atoms with E-state index in [9.17, 15) is 10.2 Å². The molecule has 2 aromatic carbocycles. The molecule has 6 heteroatoms. The zero-order valence-electron chi connectivity index (χ0n) is 13.3. The lowest BCUT2D eigenvalue weighted by atomic mass is 10.1. The molecule has 0 saturated carbocycles. The van der Waals surface area contributed by atoms with Gasteiger partial charge in [-0.3, -0.25) is 10.4 Å². The number of phenols is 2. The molecule has 0 saturated heterocycles. The van der Waals surface area contributed by atoms with Crippen LogP contribution in [0.5, 0.6) is 17.2 Å². The number of nitrogens with one attached hydrogen (secondary N) is 1. The second-order valence-corrected chi connectivity index (χ2v) is 5.35. The van der Waals surface area contributed by atoms with Crippen molar-refractivity contribution >= 4 is 22.8 Å². The molecule has 6 nitrogen and oxygen atoms in total. The van der Waals surface area contributed by atoms with Crippen LogP contribution >= 0.6 is 0 Å². The summed E-state index contributed by atoms with van der Waals surface area (Å²) in [6.45, 7) is 1.91. The maximum absolute atomic E-state index is 9.48. The van der Waals surface area contributed by atoms with Crippen LogP contribution in [-0.4, -0.2) is 28.5 Å². The number of nitrogens with zero attached hydrogens (tertiary/aromatic N) is 2. The Morgan fingerprint density at radius 3 is 2.54 bits per heavy atom. The summed E-state index contributed by atoms with van der Waals surface area (Å²) in [5.41, 5.74) is 6.04. The van der Waals surface area contributed by atoms with E-state index in [0.29, 0.717) is 5.56 Å². The Labute approximate surface area is 139 Å². The molecule has 3 rings (SSSR count). The van der Waals surface area contributed by atoms with Gasteiger partial charge in [0.15, 0.2) is 0 Å². The number of benzene rings is 2. The van der Waals surface area contributed by atoms with E-state index in [1.165, 1.54) is 24.4 Å². The molecule has 0 fully saturated rings. The molecule has 0 radical (unpaired) electrons. The van der Waals surface area contributed by atoms with E-state index in [2.05, 4.69) is 15.5 Å². The smallest absolute Gasteiger partial charge is 0.119 e. The quantitative estimate of drug-likeness (QED) is 0.506. The highest BCUT2D eigenvalue weighted by atomic mass is 16.5. The van der Waals surface area contributed by atoms with Crippen molar-refractivity contribution in [3.8, 4) is 17.2 Å². The summed E-state index contributed by atoms with van der Waals surface area (Å²) in [4.78, 5) is 4.49. The third-order valence-electron chi connectivity index (χ3n) is 3.47. The molecule has 3 N–H and O–H groups in total. The Morgan fingerprint density at radius 1 is 1.08 bits per heavy atom. The van der Waals surface area contributed by atoms with E-state index in [1.54, 1.807) is 7.11 Å². The number of aromatic nitrogens is 1. The third-order valence-corrected chi connectivity index (χ3v) is 3.47. The molecule has 0 aliphatic heterocycles. The summed E-state index contributed by atoms with van der Waals surface area (Å²) in [7, 11) is 1.61. The first kappa shape index (κ1) is 15.6. The number of ether oxygens (including phenoxy) is 1. The molecule has 24 heavy (non-hydrogen) atoms. The summed E-state index contributed by atoms with van der Waals surface area (Å²) in [6, 6.07) is 11.8. The largest absolute Gasteiger partial charge is 0.508 e. The normalized spacial score (nSPS) is 11.1. The zero-order chi connectivity index (χ0) is 17.1. The first-order valence-electron chi connectivity index (χ1n) is 7.32. The fourth-order valence-electron chi connectivity index (χ4n) is 2.43. The van der Waals surface area contributed by atoms with Crippen LogP contribution in [0.2, 0.25) is 0 Å². The van der Waals surface area contributed by atoms with Gasteiger partial charge in [0.25, 0.3) is 0 Å². The van der Waals surface area contributed by atoms with Crippen molar-refractivity contribution in [2.75, 3.05) is 12.5 Å². The average molecular weight is 323 g/mol. The minimum absolute atomic E-state index is 0.0219. The van der Waals surface area contributed by atoms with E-state index in [1.807, 2.05) is 31.2 Å². The molecule has 1 aromatic heterocycles. The lowest BCUT2D eigenvalue weighted by Gasteiger charge is -2.09. The van der Waals surface area contributed by atoms with Gasteiger partial charge in [0.1, 0.15) is 17.2 Å². The first-order valence-corrected chi connectivity index (χ1v) is 7.32. The van der Waals surface area contributed by atoms with E-state index < -0.39 is 0 Å². The van der Waals surface area contributed by atoms with E-state index in [0.717, 1.165) is 28.0 Å². The lowest BCUT2D eigenvalue weighted by molar-refractivity contribution is 0.415. The van der Waals surface area contributed by atoms with Crippen LogP contribution < -0.4 is 10.2 Å². The van der Waals surface area contributed by atoms with Gasteiger partial charge in [-0.15, -0.1) is 0 Å². The van der Waals surface area contributed by atoms with Crippen molar-refractivity contribution in [1.82, 2.24) is 4.98 Å². The van der Waals surface area contributed by atoms with Crippen molar-refractivity contribution in [2.24, 2.45) is 5.10 Å². The lowest BCUT2D eigenvalue weighted by Crippen LogP contribution is -1.95. The van der Waals surface area contributed by atoms with Gasteiger partial charge in [-0.05, 0) is 43.3 Å². The van der Waals surface area contributed by atoms with Gasteiger partial charge in [-0.2, -0.15) is 5.10 Å². The number of phenolic OH excluding ortho intramolecular Hbond substituents is 2. The van der Waals surface area contributed by atoms with Gasteiger partial charge < -0.3 is 14.9 Å². The Kier molecular flexibility index (Phi) is 4.20. The minimum atomic E-state index is -0.0219. The van der Waals surface area contributed by atoms with Gasteiger partial charge in [0.2, 0.25) is 0 Å². The van der Waals surface area contributed by atoms with Crippen molar-refractivity contribution in [1.29, 1.82) is 0 Å². The zero-order valence-corrected chi connectivity index (χ0v) is 13.3. The van der Waals surface area contributed by atoms with E-state index >= 15 is 0 Å². The van der Waals surface area contributed by atoms with Crippen LogP contribution in [0.3, 0.4) is 0 Å². The summed E-state index contributed by atoms with van der Waals surface area (Å²) in [5, 5.41) is 24.0. The van der Waals surface area contributed by atoms with Crippen LogP contribution in [0.1, 0.15) is 11.3 Å². The molecule has 0 unspecified atom stereocenters. The maximum atomic E-state index is 9.48. The van der Waals surface area contributed by atoms with Gasteiger partial charge in [0, 0.05) is 22.7 Å². The first-order chi connectivity index (χ1) is 11.5. The number of aryl methyl sites for hydroxylation is 1. The standard InChI is InChI=1S/C18H17N3O3/c1-11-5-18(16-9-15(24-2)3-4-17(16)20-11)21-19-10-12-6-13(22)8-14(23)7-12/h3-10,22-23H,1-2H3,(H,20,21)/b19-10+. The van der Waals surface area contributed by atoms with Crippen LogP contribution in [0.15, 0.2) is 47.6 Å². The van der Waals surface area contributed by atoms with Crippen molar-refractivity contribution in [2.45, 2.75) is 6.92 Å². The van der Waals surface area contributed by atoms with Gasteiger partial charge >= 0.3 is 0 Å². The van der Waals surface area contributed by atoms with Crippen molar-refractivity contribution < 1.29 is 14.9 Å². The summed E-state index contributed by atoms with van der Waals surface area (Å²) < 4.78 is 5.26. The fourth-order valence-corrected chi connectivity index (χ4v) is 2.43. The maximum Gasteiger partial charge on any atom is 0.119 e. The Hall–Kier alpha value is -3.28. The molecular formula is C18H17N3O3. The number of aromatic hydroxyl groups is 2. The molecule has 0 spiro atoms. The molecule has 3 aromatic rings. The van der Waals surface area contributed by atoms with Crippen LogP contribution in [0.4, 0.5) is 5.69 Å². The SMILES string of the molecule is COc1ccc2nc(C)cc(N/N=C/c3cc(O)cc(O)c3)c2c1. The highest BCUT2D eigenvalue weighted by Crippen LogP contribution is 2.27. The Balaban J connectivity index is 1.92. The molecule has 0 bridgehead atoms. The molecule has 0 aliphatic rings. The van der Waals surface area contributed by atoms with Crippen molar-refractivity contribution in [3.63, 3.8) is 0 Å². The number of fused-ring (bicyclic) bond motifs is 1. The molecular weight excluding hydrogens is 306 g/mol. The van der Waals surface area contributed by atoms with Gasteiger partial charge in [0.05, 0.1) is 24.5 Å². The second kappa shape index (κ2) is 6.45. The molecule has 1 heterocycles.